The summed E-state index contributed by atoms with van der Waals surface area (Å²) >= 11 is 6.69. The number of hydrogen-bond donors (Lipinski definition) is 0. The zero-order chi connectivity index (χ0) is 9.68. The highest BCUT2D eigenvalue weighted by Crippen LogP contribution is 2.20. The Morgan fingerprint density at radius 2 is 2.23 bits per heavy atom. The average Bonchev–Trinajstić information content (AvgIpc) is 2.09. The van der Waals surface area contributed by atoms with Gasteiger partial charge in [0.25, 0.3) is 0 Å². The number of pyridine rings is 1. The minimum Gasteiger partial charge on any atom is -0.244 e. The van der Waals surface area contributed by atoms with Crippen LogP contribution in [0.5, 0.6) is 0 Å². The first-order valence-electron chi connectivity index (χ1n) is 3.74. The zero-order valence-corrected chi connectivity index (χ0v) is 8.34. The molecule has 0 saturated heterocycles. The van der Waals surface area contributed by atoms with Gasteiger partial charge in [0, 0.05) is 17.7 Å². The van der Waals surface area contributed by atoms with Crippen LogP contribution in [0.25, 0.3) is 0 Å². The van der Waals surface area contributed by atoms with Crippen LogP contribution in [0, 0.1) is 11.6 Å². The second-order valence-corrected chi connectivity index (χ2v) is 3.79. The minimum absolute atomic E-state index is 0.228. The van der Waals surface area contributed by atoms with Crippen LogP contribution < -0.4 is 0 Å². The quantitative estimate of drug-likeness (QED) is 0.442. The van der Waals surface area contributed by atoms with Crippen molar-refractivity contribution in [3.05, 3.63) is 23.9 Å². The topological polar surface area (TPSA) is 12.9 Å². The third kappa shape index (κ3) is 3.48. The fourth-order valence-corrected chi connectivity index (χ4v) is 1.83. The molecule has 1 aromatic heterocycles. The van der Waals surface area contributed by atoms with Crippen LogP contribution in [0.15, 0.2) is 17.3 Å². The molecule has 5 heteroatoms. The van der Waals surface area contributed by atoms with Gasteiger partial charge in [-0.1, -0.05) is 0 Å². The van der Waals surface area contributed by atoms with Crippen LogP contribution in [-0.4, -0.2) is 16.6 Å². The molecule has 0 aliphatic carbocycles. The van der Waals surface area contributed by atoms with E-state index in [-0.39, 0.29) is 5.03 Å². The maximum absolute atomic E-state index is 12.9. The summed E-state index contributed by atoms with van der Waals surface area (Å²) in [5, 5.41) is 0.228. The monoisotopic (exact) mass is 223 g/mol. The summed E-state index contributed by atoms with van der Waals surface area (Å²) < 4.78 is 25.3. The highest BCUT2D eigenvalue weighted by atomic mass is 35.5. The molecule has 0 bridgehead atoms. The number of hydrogen-bond acceptors (Lipinski definition) is 2. The number of aromatic nitrogens is 1. The largest absolute Gasteiger partial charge is 0.244 e. The van der Waals surface area contributed by atoms with E-state index in [1.54, 1.807) is 0 Å². The van der Waals surface area contributed by atoms with Gasteiger partial charge in [0.2, 0.25) is 0 Å². The molecule has 0 aliphatic heterocycles. The maximum atomic E-state index is 12.9. The molecule has 0 unspecified atom stereocenters. The van der Waals surface area contributed by atoms with E-state index in [1.165, 1.54) is 11.8 Å². The van der Waals surface area contributed by atoms with Gasteiger partial charge >= 0.3 is 0 Å². The molecule has 1 nitrogen and oxygen atoms in total. The van der Waals surface area contributed by atoms with Gasteiger partial charge in [-0.2, -0.15) is 0 Å². The lowest BCUT2D eigenvalue weighted by Gasteiger charge is -2.00. The lowest BCUT2D eigenvalue weighted by molar-refractivity contribution is 0.548. The van der Waals surface area contributed by atoms with E-state index in [0.29, 0.717) is 11.6 Å². The van der Waals surface area contributed by atoms with E-state index >= 15 is 0 Å². The van der Waals surface area contributed by atoms with Gasteiger partial charge in [0.15, 0.2) is 5.82 Å². The Kier molecular flexibility index (Phi) is 4.45. The van der Waals surface area contributed by atoms with Crippen LogP contribution in [0.2, 0.25) is 0 Å². The summed E-state index contributed by atoms with van der Waals surface area (Å²) in [4.78, 5) is 3.62. The van der Waals surface area contributed by atoms with Gasteiger partial charge in [0.1, 0.15) is 10.8 Å². The molecule has 0 N–H and O–H groups in total. The van der Waals surface area contributed by atoms with Gasteiger partial charge in [-0.25, -0.2) is 13.8 Å². The van der Waals surface area contributed by atoms with E-state index in [2.05, 4.69) is 4.98 Å². The van der Waals surface area contributed by atoms with Crippen LogP contribution in [-0.2, 0) is 0 Å². The molecule has 1 aromatic rings. The van der Waals surface area contributed by atoms with E-state index in [1.807, 2.05) is 0 Å². The van der Waals surface area contributed by atoms with Crippen molar-refractivity contribution in [2.24, 2.45) is 0 Å². The van der Waals surface area contributed by atoms with Gasteiger partial charge in [-0.15, -0.1) is 23.4 Å². The smallest absolute Gasteiger partial charge is 0.158 e. The number of nitrogens with zero attached hydrogens (tertiary/aromatic N) is 1. The Labute approximate surface area is 84.5 Å². The molecule has 72 valence electrons. The van der Waals surface area contributed by atoms with E-state index in [9.17, 15) is 8.78 Å². The van der Waals surface area contributed by atoms with Crippen molar-refractivity contribution < 1.29 is 8.78 Å². The van der Waals surface area contributed by atoms with Crippen LogP contribution in [0.4, 0.5) is 8.78 Å². The molecule has 0 amide bonds. The lowest BCUT2D eigenvalue weighted by Crippen LogP contribution is -1.90. The zero-order valence-electron chi connectivity index (χ0n) is 6.77. The molecular formula is C8H8ClF2NS. The Morgan fingerprint density at radius 1 is 1.46 bits per heavy atom. The van der Waals surface area contributed by atoms with Gasteiger partial charge < -0.3 is 0 Å². The summed E-state index contributed by atoms with van der Waals surface area (Å²) in [6.45, 7) is 0. The molecule has 0 radical (unpaired) electrons. The highest BCUT2D eigenvalue weighted by molar-refractivity contribution is 7.99. The molecule has 0 aliphatic rings. The molecular weight excluding hydrogens is 216 g/mol. The van der Waals surface area contributed by atoms with Gasteiger partial charge in [-0.05, 0) is 6.42 Å². The Balaban J connectivity index is 2.56. The fraction of sp³-hybridized carbons (Fsp3) is 0.375. The predicted molar refractivity (Wildman–Crippen MR) is 50.2 cm³/mol. The van der Waals surface area contributed by atoms with Gasteiger partial charge in [-0.3, -0.25) is 0 Å². The predicted octanol–water partition coefficient (Wildman–Crippen LogP) is 3.08. The molecule has 1 rings (SSSR count). The number of rotatable bonds is 4. The van der Waals surface area contributed by atoms with Crippen molar-refractivity contribution in [2.75, 3.05) is 11.6 Å². The third-order valence-corrected chi connectivity index (χ3v) is 2.62. The molecule has 0 fully saturated rings. The first kappa shape index (κ1) is 10.7. The maximum Gasteiger partial charge on any atom is 0.158 e. The first-order chi connectivity index (χ1) is 6.24. The molecule has 0 atom stereocenters. The summed E-state index contributed by atoms with van der Waals surface area (Å²) in [6.07, 6.45) is 1.79. The van der Waals surface area contributed by atoms with Crippen LogP contribution in [0.3, 0.4) is 0 Å². The second-order valence-electron chi connectivity index (χ2n) is 2.33. The second kappa shape index (κ2) is 5.40. The van der Waals surface area contributed by atoms with Crippen molar-refractivity contribution in [3.8, 4) is 0 Å². The van der Waals surface area contributed by atoms with Crippen LogP contribution in [0.1, 0.15) is 6.42 Å². The summed E-state index contributed by atoms with van der Waals surface area (Å²) in [5.41, 5.74) is 0. The average molecular weight is 224 g/mol. The summed E-state index contributed by atoms with van der Waals surface area (Å²) in [5.74, 6) is -0.0340. The van der Waals surface area contributed by atoms with Crippen molar-refractivity contribution in [2.45, 2.75) is 11.4 Å². The number of alkyl halides is 1. The SMILES string of the molecule is Fc1cnc(SCCCCl)c(F)c1. The fourth-order valence-electron chi connectivity index (χ4n) is 0.732. The van der Waals surface area contributed by atoms with Crippen molar-refractivity contribution in [1.29, 1.82) is 0 Å². The van der Waals surface area contributed by atoms with E-state index in [0.717, 1.165) is 18.7 Å². The van der Waals surface area contributed by atoms with Crippen molar-refractivity contribution >= 4 is 23.4 Å². The molecule has 0 aromatic carbocycles. The minimum atomic E-state index is -0.654. The van der Waals surface area contributed by atoms with E-state index < -0.39 is 11.6 Å². The Bertz CT molecular complexity index is 283. The summed E-state index contributed by atoms with van der Waals surface area (Å²) in [6, 6.07) is 0.829. The van der Waals surface area contributed by atoms with Gasteiger partial charge in [0.05, 0.1) is 6.20 Å². The Morgan fingerprint density at radius 3 is 2.85 bits per heavy atom. The standard InChI is InChI=1S/C8H8ClF2NS/c9-2-1-3-13-8-7(11)4-6(10)5-12-8/h4-5H,1-3H2. The molecule has 0 saturated carbocycles. The first-order valence-corrected chi connectivity index (χ1v) is 5.26. The number of thioether (sulfide) groups is 1. The summed E-state index contributed by atoms with van der Waals surface area (Å²) in [7, 11) is 0. The highest BCUT2D eigenvalue weighted by Gasteiger charge is 2.04. The third-order valence-electron chi connectivity index (χ3n) is 1.29. The van der Waals surface area contributed by atoms with Crippen LogP contribution >= 0.6 is 23.4 Å². The van der Waals surface area contributed by atoms with Crippen molar-refractivity contribution in [3.63, 3.8) is 0 Å². The number of halogens is 3. The molecule has 0 spiro atoms. The normalized spacial score (nSPS) is 10.4. The van der Waals surface area contributed by atoms with Crippen molar-refractivity contribution in [1.82, 2.24) is 4.98 Å². The lowest BCUT2D eigenvalue weighted by atomic mass is 10.5. The molecule has 1 heterocycles. The van der Waals surface area contributed by atoms with E-state index in [4.69, 9.17) is 11.6 Å². The molecule has 13 heavy (non-hydrogen) atoms. The Hall–Kier alpha value is -0.350.